The SMILES string of the molecule is CCN(C)C(=O)c1cc(F)c(Cl)cc1Cl. The minimum atomic E-state index is -0.645. The molecule has 0 aliphatic heterocycles. The highest BCUT2D eigenvalue weighted by Gasteiger charge is 2.16. The maximum atomic E-state index is 13.1. The summed E-state index contributed by atoms with van der Waals surface area (Å²) in [6.07, 6.45) is 0. The van der Waals surface area contributed by atoms with E-state index in [9.17, 15) is 9.18 Å². The summed E-state index contributed by atoms with van der Waals surface area (Å²) in [5.41, 5.74) is 0.128. The molecule has 1 aromatic rings. The highest BCUT2D eigenvalue weighted by Crippen LogP contribution is 2.25. The Labute approximate surface area is 97.6 Å². The first-order valence-electron chi connectivity index (χ1n) is 4.37. The molecule has 1 amide bonds. The average molecular weight is 250 g/mol. The van der Waals surface area contributed by atoms with Gasteiger partial charge in [0.15, 0.2) is 0 Å². The van der Waals surface area contributed by atoms with Crippen LogP contribution in [0.15, 0.2) is 12.1 Å². The lowest BCUT2D eigenvalue weighted by Gasteiger charge is -2.15. The quantitative estimate of drug-likeness (QED) is 0.738. The third kappa shape index (κ3) is 2.61. The molecule has 0 spiro atoms. The van der Waals surface area contributed by atoms with E-state index < -0.39 is 5.82 Å². The number of benzene rings is 1. The minimum Gasteiger partial charge on any atom is -0.342 e. The molecule has 0 saturated heterocycles. The molecule has 0 heterocycles. The van der Waals surface area contributed by atoms with Crippen molar-refractivity contribution < 1.29 is 9.18 Å². The second-order valence-corrected chi connectivity index (χ2v) is 3.88. The Balaban J connectivity index is 3.15. The van der Waals surface area contributed by atoms with Crippen LogP contribution in [0.25, 0.3) is 0 Å². The number of halogens is 3. The van der Waals surface area contributed by atoms with E-state index in [-0.39, 0.29) is 21.5 Å². The largest absolute Gasteiger partial charge is 0.342 e. The predicted molar refractivity (Wildman–Crippen MR) is 59.1 cm³/mol. The number of carbonyl (C=O) groups is 1. The summed E-state index contributed by atoms with van der Waals surface area (Å²) in [6.45, 7) is 2.34. The van der Waals surface area contributed by atoms with Gasteiger partial charge in [-0.15, -0.1) is 0 Å². The molecule has 1 aromatic carbocycles. The highest BCUT2D eigenvalue weighted by atomic mass is 35.5. The zero-order chi connectivity index (χ0) is 11.6. The summed E-state index contributed by atoms with van der Waals surface area (Å²) in [5.74, 6) is -0.966. The molecule has 0 aromatic heterocycles. The van der Waals surface area contributed by atoms with Crippen LogP contribution in [-0.4, -0.2) is 24.4 Å². The Morgan fingerprint density at radius 2 is 2.00 bits per heavy atom. The number of rotatable bonds is 2. The first kappa shape index (κ1) is 12.3. The van der Waals surface area contributed by atoms with Crippen molar-refractivity contribution in [2.45, 2.75) is 6.92 Å². The summed E-state index contributed by atoms with van der Waals surface area (Å²) >= 11 is 11.3. The third-order valence-electron chi connectivity index (χ3n) is 2.06. The topological polar surface area (TPSA) is 20.3 Å². The van der Waals surface area contributed by atoms with Crippen LogP contribution >= 0.6 is 23.2 Å². The summed E-state index contributed by atoms with van der Waals surface area (Å²) in [4.78, 5) is 13.1. The first-order chi connectivity index (χ1) is 6.97. The van der Waals surface area contributed by atoms with Crippen LogP contribution in [0.5, 0.6) is 0 Å². The summed E-state index contributed by atoms with van der Waals surface area (Å²) in [6, 6.07) is 2.29. The van der Waals surface area contributed by atoms with Gasteiger partial charge in [0.1, 0.15) is 5.82 Å². The number of hydrogen-bond donors (Lipinski definition) is 0. The van der Waals surface area contributed by atoms with E-state index in [1.165, 1.54) is 11.0 Å². The molecule has 0 N–H and O–H groups in total. The van der Waals surface area contributed by atoms with E-state index in [1.54, 1.807) is 7.05 Å². The second kappa shape index (κ2) is 4.81. The number of amides is 1. The van der Waals surface area contributed by atoms with Crippen LogP contribution in [0.3, 0.4) is 0 Å². The molecule has 0 fully saturated rings. The van der Waals surface area contributed by atoms with Gasteiger partial charge in [0.25, 0.3) is 5.91 Å². The molecule has 0 radical (unpaired) electrons. The lowest BCUT2D eigenvalue weighted by atomic mass is 10.2. The zero-order valence-electron chi connectivity index (χ0n) is 8.35. The van der Waals surface area contributed by atoms with E-state index in [1.807, 2.05) is 6.92 Å². The van der Waals surface area contributed by atoms with E-state index in [0.29, 0.717) is 6.54 Å². The lowest BCUT2D eigenvalue weighted by molar-refractivity contribution is 0.0802. The first-order valence-corrected chi connectivity index (χ1v) is 5.13. The van der Waals surface area contributed by atoms with Crippen LogP contribution in [0.4, 0.5) is 4.39 Å². The van der Waals surface area contributed by atoms with Gasteiger partial charge < -0.3 is 4.90 Å². The Morgan fingerprint density at radius 3 is 2.53 bits per heavy atom. The number of carbonyl (C=O) groups excluding carboxylic acids is 1. The molecule has 0 bridgehead atoms. The van der Waals surface area contributed by atoms with E-state index in [4.69, 9.17) is 23.2 Å². The molecule has 0 unspecified atom stereocenters. The van der Waals surface area contributed by atoms with Crippen LogP contribution in [0.1, 0.15) is 17.3 Å². The number of hydrogen-bond acceptors (Lipinski definition) is 1. The highest BCUT2D eigenvalue weighted by molar-refractivity contribution is 6.36. The van der Waals surface area contributed by atoms with Crippen molar-refractivity contribution >= 4 is 29.1 Å². The standard InChI is InChI=1S/C10H10Cl2FNO/c1-3-14(2)10(15)6-4-9(13)8(12)5-7(6)11/h4-5H,3H2,1-2H3. The van der Waals surface area contributed by atoms with Crippen LogP contribution in [0, 0.1) is 5.82 Å². The van der Waals surface area contributed by atoms with Crippen molar-refractivity contribution in [3.05, 3.63) is 33.6 Å². The van der Waals surface area contributed by atoms with Gasteiger partial charge in [0.2, 0.25) is 0 Å². The Kier molecular flexibility index (Phi) is 3.94. The van der Waals surface area contributed by atoms with Gasteiger partial charge in [-0.3, -0.25) is 4.79 Å². The Hall–Kier alpha value is -0.800. The molecule has 5 heteroatoms. The van der Waals surface area contributed by atoms with Gasteiger partial charge in [-0.1, -0.05) is 23.2 Å². The van der Waals surface area contributed by atoms with Crippen molar-refractivity contribution in [2.24, 2.45) is 0 Å². The Morgan fingerprint density at radius 1 is 1.40 bits per heavy atom. The minimum absolute atomic E-state index is 0.0873. The van der Waals surface area contributed by atoms with Crippen molar-refractivity contribution in [1.29, 1.82) is 0 Å². The van der Waals surface area contributed by atoms with Gasteiger partial charge in [0.05, 0.1) is 15.6 Å². The fourth-order valence-electron chi connectivity index (χ4n) is 1.04. The van der Waals surface area contributed by atoms with Gasteiger partial charge in [-0.2, -0.15) is 0 Å². The van der Waals surface area contributed by atoms with Gasteiger partial charge >= 0.3 is 0 Å². The monoisotopic (exact) mass is 249 g/mol. The molecule has 0 saturated carbocycles. The molecule has 1 rings (SSSR count). The summed E-state index contributed by atoms with van der Waals surface area (Å²) in [5, 5.41) is 0.0717. The number of nitrogens with zero attached hydrogens (tertiary/aromatic N) is 1. The lowest BCUT2D eigenvalue weighted by Crippen LogP contribution is -2.26. The Bertz CT molecular complexity index is 395. The van der Waals surface area contributed by atoms with Crippen molar-refractivity contribution in [3.8, 4) is 0 Å². The predicted octanol–water partition coefficient (Wildman–Crippen LogP) is 3.22. The zero-order valence-corrected chi connectivity index (χ0v) is 9.86. The maximum absolute atomic E-state index is 13.1. The summed E-state index contributed by atoms with van der Waals surface area (Å²) < 4.78 is 13.1. The molecule has 0 aliphatic rings. The van der Waals surface area contributed by atoms with Crippen molar-refractivity contribution in [3.63, 3.8) is 0 Å². The van der Waals surface area contributed by atoms with E-state index in [2.05, 4.69) is 0 Å². The summed E-state index contributed by atoms with van der Waals surface area (Å²) in [7, 11) is 1.62. The van der Waals surface area contributed by atoms with Gasteiger partial charge in [-0.05, 0) is 19.1 Å². The second-order valence-electron chi connectivity index (χ2n) is 3.07. The van der Waals surface area contributed by atoms with Gasteiger partial charge in [0, 0.05) is 13.6 Å². The van der Waals surface area contributed by atoms with Crippen LogP contribution in [0.2, 0.25) is 10.0 Å². The normalized spacial score (nSPS) is 10.2. The molecular weight excluding hydrogens is 240 g/mol. The smallest absolute Gasteiger partial charge is 0.255 e. The van der Waals surface area contributed by atoms with Crippen molar-refractivity contribution in [1.82, 2.24) is 4.90 Å². The third-order valence-corrected chi connectivity index (χ3v) is 2.66. The maximum Gasteiger partial charge on any atom is 0.255 e. The molecule has 82 valence electrons. The van der Waals surface area contributed by atoms with Gasteiger partial charge in [-0.25, -0.2) is 4.39 Å². The molecule has 0 atom stereocenters. The van der Waals surface area contributed by atoms with Crippen molar-refractivity contribution in [2.75, 3.05) is 13.6 Å². The van der Waals surface area contributed by atoms with Crippen LogP contribution < -0.4 is 0 Å². The van der Waals surface area contributed by atoms with E-state index in [0.717, 1.165) is 6.07 Å². The average Bonchev–Trinajstić information content (AvgIpc) is 2.21. The molecular formula is C10H10Cl2FNO. The molecule has 2 nitrogen and oxygen atoms in total. The fraction of sp³-hybridized carbons (Fsp3) is 0.300. The van der Waals surface area contributed by atoms with E-state index >= 15 is 0 Å². The molecule has 0 aliphatic carbocycles. The fourth-order valence-corrected chi connectivity index (χ4v) is 1.50. The van der Waals surface area contributed by atoms with Crippen LogP contribution in [-0.2, 0) is 0 Å². The molecule has 15 heavy (non-hydrogen) atoms.